The van der Waals surface area contributed by atoms with E-state index in [0.29, 0.717) is 29.0 Å². The van der Waals surface area contributed by atoms with Crippen molar-refractivity contribution in [3.8, 4) is 5.75 Å². The molecule has 9 nitrogen and oxygen atoms in total. The molecule has 3 aromatic carbocycles. The van der Waals surface area contributed by atoms with Gasteiger partial charge >= 0.3 is 18.2 Å². The molecule has 0 aliphatic carbocycles. The molecule has 2 amide bonds. The lowest BCUT2D eigenvalue weighted by atomic mass is 10.1. The summed E-state index contributed by atoms with van der Waals surface area (Å²) in [6.07, 6.45) is -5.88. The van der Waals surface area contributed by atoms with Gasteiger partial charge in [0.05, 0.1) is 12.3 Å². The van der Waals surface area contributed by atoms with Crippen LogP contribution in [0.3, 0.4) is 0 Å². The highest BCUT2D eigenvalue weighted by Crippen LogP contribution is 2.24. The molecule has 12 heteroatoms. The van der Waals surface area contributed by atoms with Crippen LogP contribution in [0.5, 0.6) is 5.75 Å². The molecular weight excluding hydrogens is 531 g/mol. The summed E-state index contributed by atoms with van der Waals surface area (Å²) < 4.78 is 44.2. The van der Waals surface area contributed by atoms with E-state index in [2.05, 4.69) is 15.5 Å². The Labute approximate surface area is 229 Å². The van der Waals surface area contributed by atoms with Gasteiger partial charge in [0.2, 0.25) is 0 Å². The van der Waals surface area contributed by atoms with E-state index < -0.39 is 30.3 Å². The largest absolute Gasteiger partial charge is 0.493 e. The average Bonchev–Trinajstić information content (AvgIpc) is 2.94. The Kier molecular flexibility index (Phi) is 10.9. The van der Waals surface area contributed by atoms with Gasteiger partial charge in [-0.25, -0.2) is 9.59 Å². The molecule has 214 valence electrons. The summed E-state index contributed by atoms with van der Waals surface area (Å²) >= 11 is 0. The van der Waals surface area contributed by atoms with Gasteiger partial charge in [0, 0.05) is 18.3 Å². The summed E-state index contributed by atoms with van der Waals surface area (Å²) in [5.41, 5.74) is 1.50. The fourth-order valence-electron chi connectivity index (χ4n) is 3.55. The third-order valence-electron chi connectivity index (χ3n) is 5.68. The van der Waals surface area contributed by atoms with Gasteiger partial charge in [-0.15, -0.1) is 5.06 Å². The van der Waals surface area contributed by atoms with Crippen molar-refractivity contribution in [2.45, 2.75) is 31.7 Å². The topological polar surface area (TPSA) is 120 Å². The quantitative estimate of drug-likeness (QED) is 0.262. The molecule has 0 unspecified atom stereocenters. The van der Waals surface area contributed by atoms with E-state index in [9.17, 15) is 33.0 Å². The number of alkyl halides is 3. The summed E-state index contributed by atoms with van der Waals surface area (Å²) in [4.78, 5) is 28.8. The number of hydrogen-bond donors (Lipinski definition) is 4. The molecular formula is C28H30F3N3O6. The minimum atomic E-state index is -5.32. The highest BCUT2D eigenvalue weighted by Gasteiger charge is 2.43. The maximum absolute atomic E-state index is 12.9. The molecule has 4 N–H and O–H groups in total. The number of carbonyl (C=O) groups excluding carboxylic acids is 2. The van der Waals surface area contributed by atoms with Gasteiger partial charge in [0.15, 0.2) is 0 Å². The van der Waals surface area contributed by atoms with E-state index >= 15 is 0 Å². The summed E-state index contributed by atoms with van der Waals surface area (Å²) in [6.45, 7) is 1.61. The number of rotatable bonds is 11. The Morgan fingerprint density at radius 2 is 1.62 bits per heavy atom. The number of amides is 2. The number of hydroxylamine groups is 1. The summed E-state index contributed by atoms with van der Waals surface area (Å²) in [7, 11) is 0. The number of nitrogens with one attached hydrogen (secondary N) is 2. The zero-order chi connectivity index (χ0) is 29.1. The lowest BCUT2D eigenvalue weighted by Crippen LogP contribution is -2.41. The van der Waals surface area contributed by atoms with Crippen LogP contribution in [0.4, 0.5) is 29.3 Å². The number of benzene rings is 3. The number of nitrogens with zero attached hydrogens (tertiary/aromatic N) is 1. The number of hydrogen-bond acceptors (Lipinski definition) is 7. The van der Waals surface area contributed by atoms with E-state index in [1.807, 2.05) is 18.2 Å². The second-order valence-electron chi connectivity index (χ2n) is 8.85. The minimum absolute atomic E-state index is 0.0426. The van der Waals surface area contributed by atoms with Crippen LogP contribution in [0.1, 0.15) is 11.1 Å². The van der Waals surface area contributed by atoms with E-state index in [1.165, 1.54) is 24.3 Å². The van der Waals surface area contributed by atoms with E-state index in [0.717, 1.165) is 0 Å². The van der Waals surface area contributed by atoms with Crippen LogP contribution >= 0.6 is 0 Å². The molecule has 0 aliphatic rings. The van der Waals surface area contributed by atoms with Gasteiger partial charge < -0.3 is 30.4 Å². The predicted octanol–water partition coefficient (Wildman–Crippen LogP) is 3.99. The summed E-state index contributed by atoms with van der Waals surface area (Å²) in [6, 6.07) is 19.7. The van der Waals surface area contributed by atoms with Crippen molar-refractivity contribution in [2.24, 2.45) is 0 Å². The van der Waals surface area contributed by atoms with Gasteiger partial charge in [0.1, 0.15) is 18.5 Å². The normalized spacial score (nSPS) is 12.8. The second kappa shape index (κ2) is 14.3. The van der Waals surface area contributed by atoms with Gasteiger partial charge in [-0.2, -0.15) is 13.2 Å². The number of urea groups is 1. The highest BCUT2D eigenvalue weighted by molar-refractivity contribution is 6.02. The van der Waals surface area contributed by atoms with Crippen molar-refractivity contribution in [3.63, 3.8) is 0 Å². The molecule has 0 aromatic heterocycles. The third kappa shape index (κ3) is 9.26. The fraction of sp³-hybridized carbons (Fsp3) is 0.286. The molecule has 3 aromatic rings. The van der Waals surface area contributed by atoms with Crippen LogP contribution in [0.25, 0.3) is 0 Å². The fourth-order valence-corrected chi connectivity index (χ4v) is 3.55. The van der Waals surface area contributed by atoms with Gasteiger partial charge in [-0.05, 0) is 54.8 Å². The van der Waals surface area contributed by atoms with Crippen LogP contribution in [0.2, 0.25) is 0 Å². The molecule has 2 atom stereocenters. The maximum Gasteiger partial charge on any atom is 0.493 e. The Bertz CT molecular complexity index is 1240. The Morgan fingerprint density at radius 1 is 0.975 bits per heavy atom. The summed E-state index contributed by atoms with van der Waals surface area (Å²) in [5.74, 6) is -1.95. The number of para-hydroxylation sites is 2. The van der Waals surface area contributed by atoms with Crippen LogP contribution in [-0.2, 0) is 16.1 Å². The predicted molar refractivity (Wildman–Crippen MR) is 142 cm³/mol. The average molecular weight is 562 g/mol. The van der Waals surface area contributed by atoms with Gasteiger partial charge in [0.25, 0.3) is 0 Å². The minimum Gasteiger partial charge on any atom is -0.491 e. The Balaban J connectivity index is 1.63. The number of aliphatic hydroxyl groups is 2. The molecule has 40 heavy (non-hydrogen) atoms. The molecule has 0 aliphatic heterocycles. The molecule has 0 radical (unpaired) electrons. The third-order valence-corrected chi connectivity index (χ3v) is 5.68. The smallest absolute Gasteiger partial charge is 0.491 e. The number of aliphatic hydroxyl groups excluding tert-OH is 2. The van der Waals surface area contributed by atoms with Crippen LogP contribution in [-0.4, -0.2) is 60.3 Å². The monoisotopic (exact) mass is 561 g/mol. The first-order chi connectivity index (χ1) is 19.1. The van der Waals surface area contributed by atoms with Crippen molar-refractivity contribution in [2.75, 3.05) is 30.1 Å². The standard InChI is InChI=1S/C28H30F3N3O6/c1-19-7-5-6-10-25(19)33-27(38)34(40-26(37)28(29,30)31)22-13-11-20(12-14-22)15-21(17-35)32-16-23(36)18-39-24-8-3-2-4-9-24/h2-14,21,23,32,35-36H,15-18H2,1H3,(H,33,38)/t21-,23-/m0/s1. The Morgan fingerprint density at radius 3 is 2.25 bits per heavy atom. The number of aryl methyl sites for hydroxylation is 1. The van der Waals surface area contributed by atoms with Gasteiger partial charge in [-0.1, -0.05) is 48.5 Å². The first-order valence-electron chi connectivity index (χ1n) is 12.3. The van der Waals surface area contributed by atoms with E-state index in [1.54, 1.807) is 43.3 Å². The highest BCUT2D eigenvalue weighted by atomic mass is 19.4. The number of anilines is 2. The van der Waals surface area contributed by atoms with Gasteiger partial charge in [-0.3, -0.25) is 0 Å². The zero-order valence-electron chi connectivity index (χ0n) is 21.6. The van der Waals surface area contributed by atoms with Crippen LogP contribution in [0.15, 0.2) is 78.9 Å². The first kappa shape index (κ1) is 30.4. The molecule has 0 fully saturated rings. The van der Waals surface area contributed by atoms with Crippen LogP contribution < -0.4 is 20.4 Å². The number of halogens is 3. The lowest BCUT2D eigenvalue weighted by molar-refractivity contribution is -0.199. The molecule has 0 saturated heterocycles. The SMILES string of the molecule is Cc1ccccc1NC(=O)N(OC(=O)C(F)(F)F)c1ccc(C[C@@H](CO)NC[C@H](O)COc2ccccc2)cc1. The van der Waals surface area contributed by atoms with Crippen molar-refractivity contribution < 1.29 is 42.5 Å². The lowest BCUT2D eigenvalue weighted by Gasteiger charge is -2.23. The molecule has 0 bridgehead atoms. The Hall–Kier alpha value is -4.13. The van der Waals surface area contributed by atoms with Crippen molar-refractivity contribution in [1.82, 2.24) is 5.32 Å². The molecule has 0 saturated carbocycles. The second-order valence-corrected chi connectivity index (χ2v) is 8.85. The van der Waals surface area contributed by atoms with Crippen molar-refractivity contribution in [1.29, 1.82) is 0 Å². The molecule has 0 heterocycles. The molecule has 0 spiro atoms. The first-order valence-corrected chi connectivity index (χ1v) is 12.3. The number of ether oxygens (including phenoxy) is 1. The number of carbonyl (C=O) groups is 2. The van der Waals surface area contributed by atoms with E-state index in [-0.39, 0.29) is 30.5 Å². The maximum atomic E-state index is 12.9. The van der Waals surface area contributed by atoms with Crippen molar-refractivity contribution >= 4 is 23.4 Å². The van der Waals surface area contributed by atoms with E-state index in [4.69, 9.17) is 4.74 Å². The van der Waals surface area contributed by atoms with Crippen molar-refractivity contribution in [3.05, 3.63) is 90.0 Å². The van der Waals surface area contributed by atoms with Crippen LogP contribution in [0, 0.1) is 6.92 Å². The molecule has 3 rings (SSSR count). The zero-order valence-corrected chi connectivity index (χ0v) is 21.6. The summed E-state index contributed by atoms with van der Waals surface area (Å²) in [5, 5.41) is 25.7.